The van der Waals surface area contributed by atoms with E-state index in [-0.39, 0.29) is 24.2 Å². The van der Waals surface area contributed by atoms with E-state index < -0.39 is 0 Å². The van der Waals surface area contributed by atoms with E-state index >= 15 is 0 Å². The lowest BCUT2D eigenvalue weighted by molar-refractivity contribution is -0.138. The van der Waals surface area contributed by atoms with Crippen LogP contribution < -0.4 is 5.32 Å². The Bertz CT molecular complexity index is 947. The van der Waals surface area contributed by atoms with Crippen LogP contribution in [0.25, 0.3) is 5.69 Å². The Balaban J connectivity index is 1.40. The number of ether oxygens (including phenoxy) is 1. The van der Waals surface area contributed by atoms with Gasteiger partial charge in [0.1, 0.15) is 5.82 Å². The molecule has 3 aromatic rings. The predicted octanol–water partition coefficient (Wildman–Crippen LogP) is 2.01. The van der Waals surface area contributed by atoms with Crippen LogP contribution in [0.4, 0.5) is 5.82 Å². The van der Waals surface area contributed by atoms with Crippen LogP contribution in [0, 0.1) is 5.92 Å². The number of benzene rings is 1. The van der Waals surface area contributed by atoms with Gasteiger partial charge in [0.05, 0.1) is 37.7 Å². The van der Waals surface area contributed by atoms with Crippen molar-refractivity contribution in [3.63, 3.8) is 0 Å². The van der Waals surface area contributed by atoms with Gasteiger partial charge in [-0.25, -0.2) is 9.36 Å². The van der Waals surface area contributed by atoms with Crippen molar-refractivity contribution in [2.45, 2.75) is 19.4 Å². The lowest BCUT2D eigenvalue weighted by atomic mass is 10.0. The molecule has 0 radical (unpaired) electrons. The van der Waals surface area contributed by atoms with Gasteiger partial charge in [0.25, 0.3) is 0 Å². The summed E-state index contributed by atoms with van der Waals surface area (Å²) in [6.07, 6.45) is 5.90. The second kappa shape index (κ2) is 7.45. The number of carbonyl (C=O) groups is 2. The fourth-order valence-electron chi connectivity index (χ4n) is 3.05. The average molecular weight is 365 g/mol. The number of esters is 1. The fraction of sp³-hybridized carbons (Fsp3) is 0.263. The largest absolute Gasteiger partial charge is 0.465 e. The molecule has 1 N–H and O–H groups in total. The van der Waals surface area contributed by atoms with Crippen LogP contribution >= 0.6 is 0 Å². The van der Waals surface area contributed by atoms with Crippen molar-refractivity contribution >= 4 is 17.7 Å². The molecular weight excluding hydrogens is 346 g/mol. The number of cyclic esters (lactones) is 1. The molecule has 8 nitrogen and oxygen atoms in total. The zero-order valence-corrected chi connectivity index (χ0v) is 14.6. The summed E-state index contributed by atoms with van der Waals surface area (Å²) in [4.78, 5) is 23.4. The van der Waals surface area contributed by atoms with E-state index in [1.165, 1.54) is 0 Å². The standard InChI is InChI=1S/C19H19N5O3/c25-18(8-14-9-19(26)27-13-14)22-17-6-7-20-24(17)12-15-10-21-23(11-15)16-4-2-1-3-5-16/h1-7,10-11,14H,8-9,12-13H2,(H,22,25). The molecule has 1 saturated heterocycles. The third kappa shape index (κ3) is 4.05. The highest BCUT2D eigenvalue weighted by molar-refractivity contribution is 5.90. The summed E-state index contributed by atoms with van der Waals surface area (Å²) >= 11 is 0. The quantitative estimate of drug-likeness (QED) is 0.675. The number of hydrogen-bond donors (Lipinski definition) is 1. The Labute approximate surface area is 155 Å². The predicted molar refractivity (Wildman–Crippen MR) is 97.2 cm³/mol. The first-order valence-corrected chi connectivity index (χ1v) is 8.73. The van der Waals surface area contributed by atoms with Crippen molar-refractivity contribution in [2.24, 2.45) is 5.92 Å². The topological polar surface area (TPSA) is 91.0 Å². The number of carbonyl (C=O) groups excluding carboxylic acids is 2. The lowest BCUT2D eigenvalue weighted by Crippen LogP contribution is -2.19. The van der Waals surface area contributed by atoms with Crippen molar-refractivity contribution in [1.29, 1.82) is 0 Å². The first-order chi connectivity index (χ1) is 13.2. The minimum absolute atomic E-state index is 0.0574. The normalized spacial score (nSPS) is 16.3. The molecule has 138 valence electrons. The Hall–Kier alpha value is -3.42. The minimum Gasteiger partial charge on any atom is -0.465 e. The Morgan fingerprint density at radius 2 is 2.07 bits per heavy atom. The van der Waals surface area contributed by atoms with Gasteiger partial charge in [0.15, 0.2) is 0 Å². The number of hydrogen-bond acceptors (Lipinski definition) is 5. The summed E-state index contributed by atoms with van der Waals surface area (Å²) < 4.78 is 8.41. The van der Waals surface area contributed by atoms with Gasteiger partial charge in [-0.2, -0.15) is 10.2 Å². The number of rotatable bonds is 6. The van der Waals surface area contributed by atoms with Crippen molar-refractivity contribution in [1.82, 2.24) is 19.6 Å². The molecule has 4 rings (SSSR count). The molecule has 2 aromatic heterocycles. The van der Waals surface area contributed by atoms with Crippen LogP contribution in [0.5, 0.6) is 0 Å². The number of nitrogens with one attached hydrogen (secondary N) is 1. The number of anilines is 1. The maximum absolute atomic E-state index is 12.2. The van der Waals surface area contributed by atoms with E-state index in [1.54, 1.807) is 27.8 Å². The van der Waals surface area contributed by atoms with Crippen LogP contribution in [-0.4, -0.2) is 38.0 Å². The van der Waals surface area contributed by atoms with E-state index in [0.717, 1.165) is 11.3 Å². The molecule has 1 amide bonds. The smallest absolute Gasteiger partial charge is 0.306 e. The Kier molecular flexibility index (Phi) is 4.69. The van der Waals surface area contributed by atoms with Crippen molar-refractivity contribution < 1.29 is 14.3 Å². The number of amides is 1. The van der Waals surface area contributed by atoms with Crippen molar-refractivity contribution in [2.75, 3.05) is 11.9 Å². The Morgan fingerprint density at radius 3 is 2.85 bits per heavy atom. The van der Waals surface area contributed by atoms with Gasteiger partial charge in [-0.05, 0) is 12.1 Å². The molecule has 3 heterocycles. The highest BCUT2D eigenvalue weighted by Gasteiger charge is 2.26. The molecule has 1 atom stereocenters. The zero-order valence-electron chi connectivity index (χ0n) is 14.6. The second-order valence-corrected chi connectivity index (χ2v) is 6.51. The van der Waals surface area contributed by atoms with Gasteiger partial charge in [-0.3, -0.25) is 9.59 Å². The summed E-state index contributed by atoms with van der Waals surface area (Å²) in [7, 11) is 0. The summed E-state index contributed by atoms with van der Waals surface area (Å²) in [5.74, 6) is 0.156. The molecule has 1 aliphatic rings. The fourth-order valence-corrected chi connectivity index (χ4v) is 3.05. The van der Waals surface area contributed by atoms with E-state index in [1.807, 2.05) is 36.5 Å². The van der Waals surface area contributed by atoms with E-state index in [0.29, 0.717) is 25.4 Å². The second-order valence-electron chi connectivity index (χ2n) is 6.51. The maximum Gasteiger partial charge on any atom is 0.306 e. The van der Waals surface area contributed by atoms with Gasteiger partial charge in [-0.1, -0.05) is 18.2 Å². The molecule has 1 unspecified atom stereocenters. The molecule has 0 bridgehead atoms. The van der Waals surface area contributed by atoms with Crippen LogP contribution in [-0.2, 0) is 20.9 Å². The monoisotopic (exact) mass is 365 g/mol. The molecule has 0 saturated carbocycles. The number of nitrogens with zero attached hydrogens (tertiary/aromatic N) is 4. The zero-order chi connectivity index (χ0) is 18.6. The third-order valence-corrected chi connectivity index (χ3v) is 4.38. The lowest BCUT2D eigenvalue weighted by Gasteiger charge is -2.09. The van der Waals surface area contributed by atoms with Gasteiger partial charge < -0.3 is 10.1 Å². The summed E-state index contributed by atoms with van der Waals surface area (Å²) in [5.41, 5.74) is 1.94. The molecule has 27 heavy (non-hydrogen) atoms. The summed E-state index contributed by atoms with van der Waals surface area (Å²) in [6.45, 7) is 0.796. The summed E-state index contributed by atoms with van der Waals surface area (Å²) in [5, 5.41) is 11.5. The van der Waals surface area contributed by atoms with Crippen LogP contribution in [0.3, 0.4) is 0 Å². The number of aromatic nitrogens is 4. The van der Waals surface area contributed by atoms with Crippen molar-refractivity contribution in [3.8, 4) is 5.69 Å². The van der Waals surface area contributed by atoms with Crippen LogP contribution in [0.2, 0.25) is 0 Å². The SMILES string of the molecule is O=C(CC1COC(=O)C1)Nc1ccnn1Cc1cnn(-c2ccccc2)c1. The molecule has 0 aliphatic carbocycles. The van der Waals surface area contributed by atoms with E-state index in [9.17, 15) is 9.59 Å². The molecular formula is C19H19N5O3. The first-order valence-electron chi connectivity index (χ1n) is 8.73. The Morgan fingerprint density at radius 1 is 1.22 bits per heavy atom. The maximum atomic E-state index is 12.2. The third-order valence-electron chi connectivity index (χ3n) is 4.38. The van der Waals surface area contributed by atoms with Crippen LogP contribution in [0.15, 0.2) is 55.0 Å². The molecule has 1 aromatic carbocycles. The number of para-hydroxylation sites is 1. The minimum atomic E-state index is -0.242. The van der Waals surface area contributed by atoms with E-state index in [2.05, 4.69) is 15.5 Å². The molecule has 1 fully saturated rings. The van der Waals surface area contributed by atoms with Gasteiger partial charge in [-0.15, -0.1) is 0 Å². The summed E-state index contributed by atoms with van der Waals surface area (Å²) in [6, 6.07) is 11.6. The first kappa shape index (κ1) is 17.0. The van der Waals surface area contributed by atoms with E-state index in [4.69, 9.17) is 4.74 Å². The molecule has 8 heteroatoms. The average Bonchev–Trinajstić information content (AvgIpc) is 3.39. The van der Waals surface area contributed by atoms with Gasteiger partial charge in [0, 0.05) is 30.2 Å². The highest BCUT2D eigenvalue weighted by Crippen LogP contribution is 2.19. The van der Waals surface area contributed by atoms with Gasteiger partial charge in [0.2, 0.25) is 5.91 Å². The van der Waals surface area contributed by atoms with Crippen LogP contribution in [0.1, 0.15) is 18.4 Å². The molecule has 1 aliphatic heterocycles. The van der Waals surface area contributed by atoms with Crippen molar-refractivity contribution in [3.05, 3.63) is 60.6 Å². The van der Waals surface area contributed by atoms with Gasteiger partial charge >= 0.3 is 5.97 Å². The molecule has 0 spiro atoms. The highest BCUT2D eigenvalue weighted by atomic mass is 16.5.